The molecule has 0 spiro atoms. The molecule has 2 heterocycles. The maximum atomic E-state index is 12.0. The van der Waals surface area contributed by atoms with Crippen LogP contribution in [0.2, 0.25) is 0 Å². The summed E-state index contributed by atoms with van der Waals surface area (Å²) >= 11 is 0. The number of nitrogens with zero attached hydrogens (tertiary/aromatic N) is 1. The summed E-state index contributed by atoms with van der Waals surface area (Å²) in [4.78, 5) is 28.4. The fraction of sp³-hybridized carbons (Fsp3) is 0.435. The molecule has 1 aliphatic heterocycles. The summed E-state index contributed by atoms with van der Waals surface area (Å²) in [6.45, 7) is 7.47. The highest BCUT2D eigenvalue weighted by molar-refractivity contribution is 5.83. The third kappa shape index (κ3) is 5.80. The van der Waals surface area contributed by atoms with Crippen LogP contribution in [-0.4, -0.2) is 47.8 Å². The number of fused-ring (bicyclic) bond motifs is 1. The lowest BCUT2D eigenvalue weighted by atomic mass is 9.88. The van der Waals surface area contributed by atoms with Gasteiger partial charge in [-0.15, -0.1) is 0 Å². The van der Waals surface area contributed by atoms with Gasteiger partial charge in [0.25, 0.3) is 0 Å². The average molecular weight is 428 g/mol. The van der Waals surface area contributed by atoms with Crippen LogP contribution in [-0.2, 0) is 19.0 Å². The van der Waals surface area contributed by atoms with Crippen LogP contribution in [0.3, 0.4) is 0 Å². The summed E-state index contributed by atoms with van der Waals surface area (Å²) < 4.78 is 15.7. The number of aromatic nitrogens is 1. The number of carboxylic acids is 1. The number of ether oxygens (including phenoxy) is 3. The van der Waals surface area contributed by atoms with Crippen LogP contribution < -0.4 is 5.32 Å². The molecular weight excluding hydrogens is 400 g/mol. The second-order valence-corrected chi connectivity index (χ2v) is 8.67. The number of nitrogens with one attached hydrogen (secondary N) is 1. The minimum absolute atomic E-state index is 0.0582. The average Bonchev–Trinajstić information content (AvgIpc) is 2.70. The van der Waals surface area contributed by atoms with Crippen LogP contribution in [0.15, 0.2) is 36.4 Å². The molecule has 2 N–H and O–H groups in total. The number of pyridine rings is 1. The fourth-order valence-electron chi connectivity index (χ4n) is 3.15. The first-order chi connectivity index (χ1) is 14.6. The molecule has 0 radical (unpaired) electrons. The van der Waals surface area contributed by atoms with Crippen molar-refractivity contribution in [3.63, 3.8) is 0 Å². The molecule has 0 bridgehead atoms. The molecule has 1 aromatic heterocycles. The van der Waals surface area contributed by atoms with Gasteiger partial charge in [0.1, 0.15) is 17.8 Å². The summed E-state index contributed by atoms with van der Waals surface area (Å²) in [5, 5.41) is 13.3. The van der Waals surface area contributed by atoms with Crippen molar-refractivity contribution in [1.29, 1.82) is 0 Å². The Kier molecular flexibility index (Phi) is 6.62. The maximum absolute atomic E-state index is 12.0. The zero-order chi connectivity index (χ0) is 22.6. The lowest BCUT2D eigenvalue weighted by molar-refractivity contribution is -0.180. The Hall–Kier alpha value is -2.97. The summed E-state index contributed by atoms with van der Waals surface area (Å²) in [5.41, 5.74) is 0.433. The quantitative estimate of drug-likeness (QED) is 0.743. The van der Waals surface area contributed by atoms with E-state index in [-0.39, 0.29) is 26.0 Å². The number of carboxylic acid groups (broad SMARTS) is 1. The van der Waals surface area contributed by atoms with Gasteiger partial charge in [-0.2, -0.15) is 0 Å². The van der Waals surface area contributed by atoms with E-state index in [1.54, 1.807) is 32.9 Å². The van der Waals surface area contributed by atoms with Crippen LogP contribution in [0.4, 0.5) is 4.79 Å². The largest absolute Gasteiger partial charge is 0.480 e. The molecule has 1 atom stereocenters. The minimum Gasteiger partial charge on any atom is -0.480 e. The first kappa shape index (κ1) is 22.7. The Bertz CT molecular complexity index is 989. The Morgan fingerprint density at radius 2 is 1.90 bits per heavy atom. The summed E-state index contributed by atoms with van der Waals surface area (Å²) in [6.07, 6.45) is 2.84. The van der Waals surface area contributed by atoms with Crippen molar-refractivity contribution < 1.29 is 28.9 Å². The monoisotopic (exact) mass is 428 g/mol. The number of aliphatic carboxylic acids is 1. The van der Waals surface area contributed by atoms with E-state index in [2.05, 4.69) is 10.3 Å². The second kappa shape index (κ2) is 9.03. The molecule has 1 amide bonds. The highest BCUT2D eigenvalue weighted by Crippen LogP contribution is 2.26. The van der Waals surface area contributed by atoms with Gasteiger partial charge in [0.05, 0.1) is 30.5 Å². The number of amides is 1. The number of rotatable bonds is 5. The molecule has 1 fully saturated rings. The van der Waals surface area contributed by atoms with Crippen molar-refractivity contribution >= 4 is 29.0 Å². The molecule has 1 saturated heterocycles. The van der Waals surface area contributed by atoms with Crippen molar-refractivity contribution in [2.24, 2.45) is 5.41 Å². The van der Waals surface area contributed by atoms with Gasteiger partial charge in [0, 0.05) is 5.39 Å². The van der Waals surface area contributed by atoms with E-state index in [0.717, 1.165) is 16.5 Å². The van der Waals surface area contributed by atoms with E-state index in [1.165, 1.54) is 0 Å². The zero-order valence-corrected chi connectivity index (χ0v) is 18.2. The van der Waals surface area contributed by atoms with Gasteiger partial charge in [0.15, 0.2) is 0 Å². The van der Waals surface area contributed by atoms with E-state index in [0.29, 0.717) is 5.69 Å². The molecule has 1 aliphatic rings. The van der Waals surface area contributed by atoms with Gasteiger partial charge in [-0.25, -0.2) is 4.79 Å². The molecule has 8 nitrogen and oxygen atoms in total. The number of hydrogen-bond acceptors (Lipinski definition) is 6. The molecule has 166 valence electrons. The Labute approximate surface area is 181 Å². The summed E-state index contributed by atoms with van der Waals surface area (Å²) in [7, 11) is 0. The van der Waals surface area contributed by atoms with Gasteiger partial charge in [0.2, 0.25) is 0 Å². The number of hydrogen-bond donors (Lipinski definition) is 2. The summed E-state index contributed by atoms with van der Waals surface area (Å²) in [5.74, 6) is -0.994. The van der Waals surface area contributed by atoms with Gasteiger partial charge in [-0.05, 0) is 45.4 Å². The number of carbonyl (C=O) groups is 2. The predicted octanol–water partition coefficient (Wildman–Crippen LogP) is 3.91. The van der Waals surface area contributed by atoms with Crippen molar-refractivity contribution in [3.8, 4) is 0 Å². The normalized spacial score (nSPS) is 17.4. The van der Waals surface area contributed by atoms with E-state index < -0.39 is 23.1 Å². The Morgan fingerprint density at radius 3 is 2.55 bits per heavy atom. The van der Waals surface area contributed by atoms with Gasteiger partial charge >= 0.3 is 12.1 Å². The van der Waals surface area contributed by atoms with E-state index in [1.807, 2.05) is 37.3 Å². The smallest absolute Gasteiger partial charge is 0.408 e. The predicted molar refractivity (Wildman–Crippen MR) is 115 cm³/mol. The SMILES string of the molecule is CC(NC(=O)OC(C)(C)C)c1ccc2ccc(C=CC3(C(=O)O)COCOC3)cc2n1. The topological polar surface area (TPSA) is 107 Å². The molecular formula is C23H28N2O6. The Balaban J connectivity index is 1.80. The molecule has 8 heteroatoms. The standard InChI is InChI=1S/C23H28N2O6/c1-15(24-21(28)31-22(2,3)4)18-8-7-17-6-5-16(11-19(17)25-18)9-10-23(20(26)27)12-29-14-30-13-23/h5-11,15H,12-14H2,1-4H3,(H,24,28)(H,26,27). The molecule has 0 saturated carbocycles. The van der Waals surface area contributed by atoms with Crippen LogP contribution >= 0.6 is 0 Å². The second-order valence-electron chi connectivity index (χ2n) is 8.67. The van der Waals surface area contributed by atoms with Crippen molar-refractivity contribution in [2.75, 3.05) is 20.0 Å². The summed E-state index contributed by atoms with van der Waals surface area (Å²) in [6, 6.07) is 9.12. The van der Waals surface area contributed by atoms with Crippen molar-refractivity contribution in [3.05, 3.63) is 47.7 Å². The first-order valence-electron chi connectivity index (χ1n) is 10.1. The lowest BCUT2D eigenvalue weighted by Crippen LogP contribution is -2.42. The van der Waals surface area contributed by atoms with E-state index in [9.17, 15) is 14.7 Å². The van der Waals surface area contributed by atoms with Crippen LogP contribution in [0.25, 0.3) is 17.0 Å². The Morgan fingerprint density at radius 1 is 1.23 bits per heavy atom. The number of benzene rings is 1. The first-order valence-corrected chi connectivity index (χ1v) is 10.1. The highest BCUT2D eigenvalue weighted by Gasteiger charge is 2.39. The van der Waals surface area contributed by atoms with Crippen LogP contribution in [0, 0.1) is 5.41 Å². The third-order valence-electron chi connectivity index (χ3n) is 4.82. The number of alkyl carbamates (subject to hydrolysis) is 1. The van der Waals surface area contributed by atoms with E-state index in [4.69, 9.17) is 14.2 Å². The maximum Gasteiger partial charge on any atom is 0.408 e. The van der Waals surface area contributed by atoms with Crippen LogP contribution in [0.1, 0.15) is 45.0 Å². The minimum atomic E-state index is -1.21. The number of carbonyl (C=O) groups excluding carboxylic acids is 1. The highest BCUT2D eigenvalue weighted by atomic mass is 16.7. The van der Waals surface area contributed by atoms with Gasteiger partial charge in [-0.1, -0.05) is 30.4 Å². The van der Waals surface area contributed by atoms with Crippen LogP contribution in [0.5, 0.6) is 0 Å². The molecule has 3 rings (SSSR count). The lowest BCUT2D eigenvalue weighted by Gasteiger charge is -2.29. The van der Waals surface area contributed by atoms with Crippen molar-refractivity contribution in [1.82, 2.24) is 10.3 Å². The fourth-order valence-corrected chi connectivity index (χ4v) is 3.15. The molecule has 1 unspecified atom stereocenters. The molecule has 31 heavy (non-hydrogen) atoms. The zero-order valence-electron chi connectivity index (χ0n) is 18.2. The molecule has 1 aromatic carbocycles. The molecule has 2 aromatic rings. The van der Waals surface area contributed by atoms with Gasteiger partial charge in [-0.3, -0.25) is 9.78 Å². The van der Waals surface area contributed by atoms with Gasteiger partial charge < -0.3 is 24.6 Å². The van der Waals surface area contributed by atoms with Crippen molar-refractivity contribution in [2.45, 2.75) is 39.3 Å². The third-order valence-corrected chi connectivity index (χ3v) is 4.82. The van der Waals surface area contributed by atoms with E-state index >= 15 is 0 Å². The molecule has 0 aliphatic carbocycles.